The third-order valence-electron chi connectivity index (χ3n) is 2.32. The number of imidazole rings is 1. The van der Waals surface area contributed by atoms with E-state index < -0.39 is 7.55 Å². The van der Waals surface area contributed by atoms with Gasteiger partial charge < -0.3 is 16.0 Å². The lowest BCUT2D eigenvalue weighted by Gasteiger charge is -2.03. The fourth-order valence-corrected chi connectivity index (χ4v) is 2.42. The van der Waals surface area contributed by atoms with Crippen LogP contribution < -0.4 is 16.7 Å². The zero-order valence-electron chi connectivity index (χ0n) is 10.6. The molecule has 1 amide bonds. The number of fused-ring (bicyclic) bond motifs is 1. The molecule has 4 N–H and O–H groups in total. The zero-order valence-corrected chi connectivity index (χ0v) is 11.5. The van der Waals surface area contributed by atoms with E-state index in [1.54, 1.807) is 0 Å². The van der Waals surface area contributed by atoms with Crippen LogP contribution in [0.3, 0.4) is 0 Å². The Labute approximate surface area is 109 Å². The second-order valence-electron chi connectivity index (χ2n) is 4.17. The lowest BCUT2D eigenvalue weighted by atomic mass is 10.4. The molecule has 0 aliphatic carbocycles. The molecule has 0 aromatic carbocycles. The highest BCUT2D eigenvalue weighted by Crippen LogP contribution is 2.22. The van der Waals surface area contributed by atoms with Crippen LogP contribution in [0.1, 0.15) is 6.92 Å². The standard InChI is InChI=1S/C10H13N6O2P/c1-5(17)12-7-6-8(15-9(11)14-7)16(4-19(2)3)10(18)13-6/h2,4H2,1,3H3,(H3-,11,12,13,14,15,17,18)/p+1. The van der Waals surface area contributed by atoms with E-state index in [4.69, 9.17) is 5.73 Å². The maximum atomic E-state index is 11.9. The van der Waals surface area contributed by atoms with Crippen molar-refractivity contribution in [3.8, 4) is 0 Å². The number of nitrogens with zero attached hydrogens (tertiary/aromatic N) is 3. The van der Waals surface area contributed by atoms with Crippen LogP contribution in [0, 0.1) is 0 Å². The number of aromatic amines is 1. The molecule has 100 valence electrons. The van der Waals surface area contributed by atoms with Gasteiger partial charge >= 0.3 is 5.69 Å². The molecule has 2 rings (SSSR count). The molecule has 0 aliphatic heterocycles. The van der Waals surface area contributed by atoms with Gasteiger partial charge in [-0.3, -0.25) is 4.79 Å². The summed E-state index contributed by atoms with van der Waals surface area (Å²) in [6.45, 7) is 3.29. The van der Waals surface area contributed by atoms with Gasteiger partial charge in [0.2, 0.25) is 11.9 Å². The van der Waals surface area contributed by atoms with Gasteiger partial charge in [-0.2, -0.15) is 9.97 Å². The summed E-state index contributed by atoms with van der Waals surface area (Å²) in [5.74, 6) is -0.105. The second kappa shape index (κ2) is 4.81. The van der Waals surface area contributed by atoms with E-state index in [-0.39, 0.29) is 23.4 Å². The second-order valence-corrected chi connectivity index (χ2v) is 6.16. The summed E-state index contributed by atoms with van der Waals surface area (Å²) < 4.78 is 1.46. The molecule has 8 nitrogen and oxygen atoms in total. The number of hydrogen-bond donors (Lipinski definition) is 3. The number of nitrogens with two attached hydrogens (primary N) is 1. The Bertz CT molecular complexity index is 731. The monoisotopic (exact) mass is 281 g/mol. The Hall–Kier alpha value is -2.21. The highest BCUT2D eigenvalue weighted by atomic mass is 31.1. The van der Waals surface area contributed by atoms with Crippen LogP contribution in [0.2, 0.25) is 0 Å². The summed E-state index contributed by atoms with van der Waals surface area (Å²) in [5.41, 5.74) is 6.02. The Morgan fingerprint density at radius 1 is 1.58 bits per heavy atom. The molecule has 2 aromatic heterocycles. The van der Waals surface area contributed by atoms with Crippen molar-refractivity contribution in [2.45, 2.75) is 13.2 Å². The van der Waals surface area contributed by atoms with Crippen molar-refractivity contribution in [1.82, 2.24) is 19.5 Å². The quantitative estimate of drug-likeness (QED) is 0.692. The van der Waals surface area contributed by atoms with E-state index in [9.17, 15) is 9.59 Å². The Morgan fingerprint density at radius 3 is 2.84 bits per heavy atom. The molecule has 0 bridgehead atoms. The van der Waals surface area contributed by atoms with E-state index in [0.717, 1.165) is 0 Å². The van der Waals surface area contributed by atoms with Crippen LogP contribution >= 0.6 is 7.55 Å². The maximum Gasteiger partial charge on any atom is 0.331 e. The van der Waals surface area contributed by atoms with Crippen molar-refractivity contribution in [3.63, 3.8) is 0 Å². The molecule has 2 aromatic rings. The van der Waals surface area contributed by atoms with Crippen LogP contribution in [0.25, 0.3) is 11.2 Å². The first kappa shape index (κ1) is 13.2. The van der Waals surface area contributed by atoms with Gasteiger partial charge in [0, 0.05) is 6.92 Å². The third-order valence-corrected chi connectivity index (χ3v) is 3.08. The van der Waals surface area contributed by atoms with Crippen LogP contribution in [0.15, 0.2) is 4.79 Å². The smallest absolute Gasteiger partial charge is 0.331 e. The van der Waals surface area contributed by atoms with Crippen molar-refractivity contribution in [3.05, 3.63) is 10.5 Å². The molecule has 9 heteroatoms. The van der Waals surface area contributed by atoms with E-state index in [0.29, 0.717) is 17.4 Å². The molecule has 1 atom stereocenters. The number of hydrogen-bond acceptors (Lipinski definition) is 5. The highest BCUT2D eigenvalue weighted by molar-refractivity contribution is 7.53. The van der Waals surface area contributed by atoms with Gasteiger partial charge in [-0.05, 0) is 0 Å². The van der Waals surface area contributed by atoms with Crippen molar-refractivity contribution in [1.29, 1.82) is 0 Å². The minimum Gasteiger partial charge on any atom is -0.368 e. The average molecular weight is 281 g/mol. The number of H-pyrrole nitrogens is 1. The lowest BCUT2D eigenvalue weighted by molar-refractivity contribution is -0.114. The number of carbonyl (C=O) groups excluding carboxylic acids is 1. The topological polar surface area (TPSA) is 119 Å². The van der Waals surface area contributed by atoms with Crippen LogP contribution in [0.5, 0.6) is 0 Å². The number of aromatic nitrogens is 4. The Morgan fingerprint density at radius 2 is 2.26 bits per heavy atom. The van der Waals surface area contributed by atoms with Gasteiger partial charge in [0.15, 0.2) is 17.8 Å². The number of carbonyl (C=O) groups is 1. The summed E-state index contributed by atoms with van der Waals surface area (Å²) in [6, 6.07) is 0. The van der Waals surface area contributed by atoms with Crippen molar-refractivity contribution >= 4 is 42.7 Å². The number of nitrogens with one attached hydrogen (secondary N) is 2. The minimum atomic E-state index is -0.572. The summed E-state index contributed by atoms with van der Waals surface area (Å²) in [6.07, 6.45) is 4.36. The van der Waals surface area contributed by atoms with E-state index in [1.807, 2.05) is 6.66 Å². The summed E-state index contributed by atoms with van der Waals surface area (Å²) in [4.78, 5) is 33.6. The normalized spacial score (nSPS) is 11.6. The fraction of sp³-hybridized carbons (Fsp3) is 0.300. The van der Waals surface area contributed by atoms with Crippen molar-refractivity contribution in [2.75, 3.05) is 17.7 Å². The molecule has 0 spiro atoms. The first-order chi connectivity index (χ1) is 8.88. The molecule has 0 saturated heterocycles. The molecule has 1 unspecified atom stereocenters. The first-order valence-electron chi connectivity index (χ1n) is 5.43. The van der Waals surface area contributed by atoms with Gasteiger partial charge in [-0.1, -0.05) is 0 Å². The lowest BCUT2D eigenvalue weighted by Crippen LogP contribution is -2.15. The fourth-order valence-electron chi connectivity index (χ4n) is 1.68. The Kier molecular flexibility index (Phi) is 3.35. The van der Waals surface area contributed by atoms with Crippen molar-refractivity contribution in [2.24, 2.45) is 0 Å². The number of amides is 1. The number of nitrogen functional groups attached to an aromatic ring is 1. The number of anilines is 2. The molecule has 19 heavy (non-hydrogen) atoms. The van der Waals surface area contributed by atoms with Crippen LogP contribution in [-0.2, 0) is 11.1 Å². The van der Waals surface area contributed by atoms with E-state index in [2.05, 4.69) is 26.6 Å². The Balaban J connectivity index is 2.70. The molecule has 0 fully saturated rings. The van der Waals surface area contributed by atoms with Gasteiger partial charge in [0.05, 0.1) is 13.0 Å². The average Bonchev–Trinajstić information content (AvgIpc) is 2.55. The van der Waals surface area contributed by atoms with Crippen molar-refractivity contribution < 1.29 is 4.79 Å². The molecule has 2 heterocycles. The molecule has 0 aliphatic rings. The van der Waals surface area contributed by atoms with Crippen LogP contribution in [0.4, 0.5) is 11.8 Å². The predicted molar refractivity (Wildman–Crippen MR) is 76.8 cm³/mol. The SMILES string of the molecule is C=[P+](C)Cn1c(=O)[nH]c2c(NC(C)=O)nc(N)nc21. The zero-order chi connectivity index (χ0) is 14.2. The predicted octanol–water partition coefficient (Wildman–Crippen LogP) is 0.161. The third kappa shape index (κ3) is 2.63. The van der Waals surface area contributed by atoms with Crippen LogP contribution in [-0.4, -0.2) is 38.4 Å². The molecular formula is C10H14N6O2P+. The van der Waals surface area contributed by atoms with Gasteiger partial charge in [-0.25, -0.2) is 9.36 Å². The largest absolute Gasteiger partial charge is 0.368 e. The molecule has 0 saturated carbocycles. The van der Waals surface area contributed by atoms with Gasteiger partial charge in [-0.15, -0.1) is 0 Å². The summed E-state index contributed by atoms with van der Waals surface area (Å²) in [7, 11) is -0.572. The molecular weight excluding hydrogens is 267 g/mol. The number of rotatable bonds is 3. The summed E-state index contributed by atoms with van der Waals surface area (Å²) in [5, 5.41) is 2.52. The minimum absolute atomic E-state index is 0.00602. The maximum absolute atomic E-state index is 11.9. The van der Waals surface area contributed by atoms with E-state index in [1.165, 1.54) is 11.5 Å². The summed E-state index contributed by atoms with van der Waals surface area (Å²) >= 11 is 0. The van der Waals surface area contributed by atoms with Gasteiger partial charge in [0.25, 0.3) is 0 Å². The highest BCUT2D eigenvalue weighted by Gasteiger charge is 2.17. The first-order valence-corrected chi connectivity index (χ1v) is 7.59. The molecule has 0 radical (unpaired) electrons. The van der Waals surface area contributed by atoms with E-state index >= 15 is 0 Å². The van der Waals surface area contributed by atoms with Gasteiger partial charge in [0.1, 0.15) is 13.1 Å².